The van der Waals surface area contributed by atoms with Crippen molar-refractivity contribution in [1.29, 1.82) is 0 Å². The largest absolute Gasteiger partial charge is 0.481 e. The molecule has 0 saturated heterocycles. The van der Waals surface area contributed by atoms with E-state index >= 15 is 0 Å². The van der Waals surface area contributed by atoms with E-state index in [0.29, 0.717) is 17.0 Å². The van der Waals surface area contributed by atoms with Crippen LogP contribution in [0, 0.1) is 5.92 Å². The lowest BCUT2D eigenvalue weighted by molar-refractivity contribution is -0.140. The molecule has 28 heavy (non-hydrogen) atoms. The summed E-state index contributed by atoms with van der Waals surface area (Å²) in [4.78, 5) is 38.5. The molecule has 2 amide bonds. The zero-order valence-electron chi connectivity index (χ0n) is 15.6. The summed E-state index contributed by atoms with van der Waals surface area (Å²) >= 11 is 1.32. The van der Waals surface area contributed by atoms with Gasteiger partial charge in [-0.2, -0.15) is 0 Å². The van der Waals surface area contributed by atoms with Gasteiger partial charge in [0.05, 0.1) is 17.2 Å². The maximum absolute atomic E-state index is 12.7. The van der Waals surface area contributed by atoms with Crippen molar-refractivity contribution in [2.24, 2.45) is 5.92 Å². The zero-order chi connectivity index (χ0) is 20.1. The van der Waals surface area contributed by atoms with Crippen molar-refractivity contribution in [3.63, 3.8) is 0 Å². The van der Waals surface area contributed by atoms with Crippen LogP contribution in [0.4, 0.5) is 5.69 Å². The number of fused-ring (bicyclic) bond motifs is 1. The highest BCUT2D eigenvalue weighted by Crippen LogP contribution is 2.29. The molecule has 1 heterocycles. The first-order valence-electron chi connectivity index (χ1n) is 9.08. The zero-order valence-corrected chi connectivity index (χ0v) is 16.4. The average Bonchev–Trinajstić information content (AvgIpc) is 3.14. The van der Waals surface area contributed by atoms with Gasteiger partial charge in [0, 0.05) is 23.7 Å². The average molecular weight is 398 g/mol. The number of anilines is 1. The lowest BCUT2D eigenvalue weighted by Crippen LogP contribution is -2.32. The molecule has 2 N–H and O–H groups in total. The fraction of sp³-hybridized carbons (Fsp3) is 0.286. The quantitative estimate of drug-likeness (QED) is 0.701. The molecule has 2 aromatic rings. The number of carbonyl (C=O) groups is 3. The van der Waals surface area contributed by atoms with E-state index < -0.39 is 11.9 Å². The van der Waals surface area contributed by atoms with Crippen LogP contribution in [0.3, 0.4) is 0 Å². The van der Waals surface area contributed by atoms with E-state index in [4.69, 9.17) is 5.11 Å². The summed E-state index contributed by atoms with van der Waals surface area (Å²) < 4.78 is 0. The molecule has 0 bridgehead atoms. The van der Waals surface area contributed by atoms with Crippen LogP contribution >= 0.6 is 11.8 Å². The maximum Gasteiger partial charge on any atom is 0.308 e. The number of benzene rings is 2. The normalized spacial score (nSPS) is 13.7. The monoisotopic (exact) mass is 398 g/mol. The van der Waals surface area contributed by atoms with Crippen LogP contribution in [-0.4, -0.2) is 41.7 Å². The van der Waals surface area contributed by atoms with Crippen LogP contribution < -0.4 is 10.2 Å². The molecule has 0 aliphatic carbocycles. The minimum atomic E-state index is -0.959. The van der Waals surface area contributed by atoms with Gasteiger partial charge in [0.15, 0.2) is 0 Å². The number of carboxylic acids is 1. The number of thioether (sulfide) groups is 1. The highest BCUT2D eigenvalue weighted by molar-refractivity contribution is 8.00. The second-order valence-corrected chi connectivity index (χ2v) is 7.68. The van der Waals surface area contributed by atoms with E-state index in [1.807, 2.05) is 30.3 Å². The smallest absolute Gasteiger partial charge is 0.308 e. The van der Waals surface area contributed by atoms with Crippen LogP contribution in [0.2, 0.25) is 0 Å². The number of rotatable bonds is 7. The Morgan fingerprint density at radius 3 is 2.64 bits per heavy atom. The predicted molar refractivity (Wildman–Crippen MR) is 109 cm³/mol. The molecule has 3 rings (SSSR count). The molecule has 0 saturated carbocycles. The van der Waals surface area contributed by atoms with Crippen LogP contribution in [0.15, 0.2) is 53.4 Å². The van der Waals surface area contributed by atoms with E-state index in [-0.39, 0.29) is 24.1 Å². The molecule has 1 aliphatic heterocycles. The third-order valence-electron chi connectivity index (χ3n) is 4.66. The lowest BCUT2D eigenvalue weighted by Gasteiger charge is -2.17. The Morgan fingerprint density at radius 2 is 1.86 bits per heavy atom. The van der Waals surface area contributed by atoms with Crippen molar-refractivity contribution in [3.05, 3.63) is 59.7 Å². The van der Waals surface area contributed by atoms with Crippen molar-refractivity contribution in [1.82, 2.24) is 5.32 Å². The van der Waals surface area contributed by atoms with Gasteiger partial charge in [0.25, 0.3) is 5.91 Å². The molecule has 1 aliphatic rings. The summed E-state index contributed by atoms with van der Waals surface area (Å²) in [6.45, 7) is 2.26. The Labute approximate surface area is 167 Å². The first-order chi connectivity index (χ1) is 13.5. The first kappa shape index (κ1) is 19.9. The van der Waals surface area contributed by atoms with Crippen molar-refractivity contribution >= 4 is 35.2 Å². The molecule has 1 atom stereocenters. The Bertz CT molecular complexity index is 899. The third kappa shape index (κ3) is 4.54. The van der Waals surface area contributed by atoms with Gasteiger partial charge < -0.3 is 15.3 Å². The number of para-hydroxylation sites is 1. The molecule has 0 aromatic heterocycles. The molecular weight excluding hydrogens is 376 g/mol. The molecule has 0 spiro atoms. The van der Waals surface area contributed by atoms with Crippen LogP contribution in [0.25, 0.3) is 0 Å². The second-order valence-electron chi connectivity index (χ2n) is 6.66. The summed E-state index contributed by atoms with van der Waals surface area (Å²) in [5.41, 5.74) is 2.58. The molecule has 6 nitrogen and oxygen atoms in total. The van der Waals surface area contributed by atoms with Gasteiger partial charge in [-0.15, -0.1) is 11.8 Å². The molecular formula is C21H22N2O4S. The van der Waals surface area contributed by atoms with Crippen LogP contribution in [0.1, 0.15) is 22.8 Å². The minimum absolute atomic E-state index is 0.00432. The number of nitrogens with one attached hydrogen (secondary N) is 1. The Kier molecular flexibility index (Phi) is 6.36. The van der Waals surface area contributed by atoms with Crippen molar-refractivity contribution in [2.45, 2.75) is 18.2 Å². The number of carboxylic acid groups (broad SMARTS) is 1. The van der Waals surface area contributed by atoms with E-state index in [2.05, 4.69) is 5.32 Å². The Hall–Kier alpha value is -2.80. The van der Waals surface area contributed by atoms with E-state index in [9.17, 15) is 14.4 Å². The maximum atomic E-state index is 12.7. The number of hydrogen-bond acceptors (Lipinski definition) is 4. The fourth-order valence-corrected chi connectivity index (χ4v) is 3.95. The van der Waals surface area contributed by atoms with Crippen LogP contribution in [-0.2, 0) is 16.0 Å². The van der Waals surface area contributed by atoms with Gasteiger partial charge in [-0.25, -0.2) is 0 Å². The van der Waals surface area contributed by atoms with E-state index in [1.165, 1.54) is 24.2 Å². The SMILES string of the molecule is CC(CNC(=O)c1ccccc1SCC(=O)N1CCc2ccccc21)C(=O)O. The molecule has 7 heteroatoms. The predicted octanol–water partition coefficient (Wildman–Crippen LogP) is 2.82. The van der Waals surface area contributed by atoms with Gasteiger partial charge in [-0.05, 0) is 30.2 Å². The van der Waals surface area contributed by atoms with Crippen molar-refractivity contribution in [3.8, 4) is 0 Å². The molecule has 146 valence electrons. The van der Waals surface area contributed by atoms with Gasteiger partial charge in [0.1, 0.15) is 0 Å². The number of amides is 2. The summed E-state index contributed by atoms with van der Waals surface area (Å²) in [5, 5.41) is 11.6. The Morgan fingerprint density at radius 1 is 1.14 bits per heavy atom. The highest BCUT2D eigenvalue weighted by atomic mass is 32.2. The number of aliphatic carboxylic acids is 1. The van der Waals surface area contributed by atoms with Gasteiger partial charge >= 0.3 is 5.97 Å². The summed E-state index contributed by atoms with van der Waals surface area (Å²) in [5.74, 6) is -1.73. The molecule has 2 aromatic carbocycles. The minimum Gasteiger partial charge on any atom is -0.481 e. The van der Waals surface area contributed by atoms with Gasteiger partial charge in [0.2, 0.25) is 5.91 Å². The third-order valence-corrected chi connectivity index (χ3v) is 5.72. The number of hydrogen-bond donors (Lipinski definition) is 2. The van der Waals surface area contributed by atoms with Gasteiger partial charge in [-0.3, -0.25) is 14.4 Å². The first-order valence-corrected chi connectivity index (χ1v) is 10.1. The standard InChI is InChI=1S/C21H22N2O4S/c1-14(21(26)27)12-22-20(25)16-7-3-5-9-18(16)28-13-19(24)23-11-10-15-6-2-4-8-17(15)23/h2-9,14H,10-13H2,1H3,(H,22,25)(H,26,27). The summed E-state index contributed by atoms with van der Waals surface area (Å²) in [6.07, 6.45) is 0.854. The molecule has 1 unspecified atom stereocenters. The lowest BCUT2D eigenvalue weighted by atomic mass is 10.1. The molecule has 0 radical (unpaired) electrons. The van der Waals surface area contributed by atoms with E-state index in [1.54, 1.807) is 23.1 Å². The number of nitrogens with zero attached hydrogens (tertiary/aromatic N) is 1. The number of carbonyl (C=O) groups excluding carboxylic acids is 2. The fourth-order valence-electron chi connectivity index (χ4n) is 3.02. The van der Waals surface area contributed by atoms with Crippen molar-refractivity contribution in [2.75, 3.05) is 23.7 Å². The van der Waals surface area contributed by atoms with Crippen LogP contribution in [0.5, 0.6) is 0 Å². The van der Waals surface area contributed by atoms with Gasteiger partial charge in [-0.1, -0.05) is 37.3 Å². The highest BCUT2D eigenvalue weighted by Gasteiger charge is 2.24. The summed E-state index contributed by atoms with van der Waals surface area (Å²) in [7, 11) is 0. The summed E-state index contributed by atoms with van der Waals surface area (Å²) in [6, 6.07) is 14.9. The molecule has 0 fully saturated rings. The van der Waals surface area contributed by atoms with Crippen molar-refractivity contribution < 1.29 is 19.5 Å². The second kappa shape index (κ2) is 8.93. The topological polar surface area (TPSA) is 86.7 Å². The van der Waals surface area contributed by atoms with E-state index in [0.717, 1.165) is 12.1 Å². The Balaban J connectivity index is 1.63.